The van der Waals surface area contributed by atoms with Gasteiger partial charge in [0, 0.05) is 60.6 Å². The van der Waals surface area contributed by atoms with Crippen LogP contribution in [-0.4, -0.2) is 38.6 Å². The average Bonchev–Trinajstić information content (AvgIpc) is 3.03. The van der Waals surface area contributed by atoms with Gasteiger partial charge < -0.3 is 9.80 Å². The van der Waals surface area contributed by atoms with Gasteiger partial charge in [-0.15, -0.1) is 5.10 Å². The number of carbonyl (C=O) groups is 1. The van der Waals surface area contributed by atoms with Crippen LogP contribution in [-0.2, 0) is 17.8 Å². The van der Waals surface area contributed by atoms with Crippen molar-refractivity contribution < 1.29 is 4.79 Å². The van der Waals surface area contributed by atoms with Gasteiger partial charge in [-0.3, -0.25) is 14.6 Å². The molecule has 5 rings (SSSR count). The summed E-state index contributed by atoms with van der Waals surface area (Å²) in [5, 5.41) is 4.65. The summed E-state index contributed by atoms with van der Waals surface area (Å²) in [5.41, 5.74) is 5.05. The molecule has 0 N–H and O–H groups in total. The van der Waals surface area contributed by atoms with Gasteiger partial charge in [-0.05, 0) is 31.9 Å². The second-order valence-corrected chi connectivity index (χ2v) is 9.15. The largest absolute Gasteiger partial charge is 0.350 e. The van der Waals surface area contributed by atoms with Crippen molar-refractivity contribution in [1.29, 1.82) is 0 Å². The number of amides is 1. The van der Waals surface area contributed by atoms with Crippen LogP contribution in [0.1, 0.15) is 42.7 Å². The highest BCUT2D eigenvalue weighted by Crippen LogP contribution is 2.35. The lowest BCUT2D eigenvalue weighted by Gasteiger charge is -2.31. The first-order chi connectivity index (χ1) is 14.8. The minimum atomic E-state index is -0.326. The number of pyridine rings is 1. The molecule has 3 aromatic heterocycles. The van der Waals surface area contributed by atoms with Crippen LogP contribution < -0.4 is 15.4 Å². The fourth-order valence-corrected chi connectivity index (χ4v) is 4.51. The Balaban J connectivity index is 1.51. The summed E-state index contributed by atoms with van der Waals surface area (Å²) < 4.78 is 1.38. The predicted molar refractivity (Wildman–Crippen MR) is 118 cm³/mol. The Bertz CT molecular complexity index is 1280. The summed E-state index contributed by atoms with van der Waals surface area (Å²) in [4.78, 5) is 38.1. The molecule has 2 aliphatic heterocycles. The zero-order valence-corrected chi connectivity index (χ0v) is 18.3. The van der Waals surface area contributed by atoms with Crippen LogP contribution in [0.4, 0.5) is 11.5 Å². The fourth-order valence-electron chi connectivity index (χ4n) is 4.51. The Morgan fingerprint density at radius 1 is 1.06 bits per heavy atom. The lowest BCUT2D eigenvalue weighted by molar-refractivity contribution is -0.123. The molecule has 8 heteroatoms. The smallest absolute Gasteiger partial charge is 0.274 e. The Labute approximate surface area is 180 Å². The van der Waals surface area contributed by atoms with E-state index < -0.39 is 0 Å². The molecular weight excluding hydrogens is 392 g/mol. The number of hydrogen-bond donors (Lipinski definition) is 0. The van der Waals surface area contributed by atoms with E-state index >= 15 is 0 Å². The van der Waals surface area contributed by atoms with E-state index in [1.807, 2.05) is 38.8 Å². The molecule has 1 amide bonds. The standard InChI is InChI=1S/C23H26N6O2/c1-14-15(2)21(26-29-19(30)5-8-24-20(14)29)27-9-6-18-16(13-27)11-17(12-25-18)28-10-7-23(3,4)22(28)31/h5,8,11-12H,6-7,9-10,13H2,1-4H3. The number of anilines is 2. The molecule has 3 aromatic rings. The second kappa shape index (κ2) is 6.87. The molecule has 1 fully saturated rings. The monoisotopic (exact) mass is 418 g/mol. The van der Waals surface area contributed by atoms with Crippen LogP contribution in [0.15, 0.2) is 29.3 Å². The van der Waals surface area contributed by atoms with Crippen LogP contribution in [0.5, 0.6) is 0 Å². The van der Waals surface area contributed by atoms with Crippen molar-refractivity contribution in [3.8, 4) is 0 Å². The third-order valence-electron chi connectivity index (χ3n) is 6.67. The first-order valence-corrected chi connectivity index (χ1v) is 10.7. The van der Waals surface area contributed by atoms with E-state index in [-0.39, 0.29) is 16.9 Å². The van der Waals surface area contributed by atoms with Crippen LogP contribution in [0.2, 0.25) is 0 Å². The first-order valence-electron chi connectivity index (χ1n) is 10.7. The summed E-state index contributed by atoms with van der Waals surface area (Å²) in [7, 11) is 0. The molecule has 0 aromatic carbocycles. The molecule has 0 bridgehead atoms. The van der Waals surface area contributed by atoms with Gasteiger partial charge in [0.2, 0.25) is 5.91 Å². The minimum Gasteiger partial charge on any atom is -0.350 e. The lowest BCUT2D eigenvalue weighted by Crippen LogP contribution is -2.35. The molecule has 0 saturated carbocycles. The fraction of sp³-hybridized carbons (Fsp3) is 0.435. The number of nitrogens with zero attached hydrogens (tertiary/aromatic N) is 6. The van der Waals surface area contributed by atoms with Gasteiger partial charge in [0.05, 0.1) is 11.9 Å². The van der Waals surface area contributed by atoms with Gasteiger partial charge in [-0.1, -0.05) is 13.8 Å². The topological polar surface area (TPSA) is 83.7 Å². The van der Waals surface area contributed by atoms with Gasteiger partial charge in [0.25, 0.3) is 5.56 Å². The Kier molecular flexibility index (Phi) is 4.35. The quantitative estimate of drug-likeness (QED) is 0.636. The van der Waals surface area contributed by atoms with E-state index in [1.54, 1.807) is 0 Å². The van der Waals surface area contributed by atoms with Gasteiger partial charge in [-0.2, -0.15) is 4.52 Å². The molecule has 160 valence electrons. The average molecular weight is 419 g/mol. The second-order valence-electron chi connectivity index (χ2n) is 9.15. The SMILES string of the molecule is Cc1c(N2CCc3ncc(N4CCC(C)(C)C4=O)cc3C2)nn2c(=O)ccnc2c1C. The van der Waals surface area contributed by atoms with Crippen LogP contribution in [0, 0.1) is 19.3 Å². The van der Waals surface area contributed by atoms with Crippen molar-refractivity contribution in [2.45, 2.75) is 47.1 Å². The van der Waals surface area contributed by atoms with Crippen molar-refractivity contribution >= 4 is 23.1 Å². The lowest BCUT2D eigenvalue weighted by atomic mass is 9.92. The van der Waals surface area contributed by atoms with Crippen LogP contribution in [0.3, 0.4) is 0 Å². The molecule has 5 heterocycles. The van der Waals surface area contributed by atoms with E-state index in [4.69, 9.17) is 0 Å². The molecule has 0 radical (unpaired) electrons. The number of fused-ring (bicyclic) bond motifs is 2. The maximum absolute atomic E-state index is 12.8. The Morgan fingerprint density at radius 3 is 2.61 bits per heavy atom. The first kappa shape index (κ1) is 19.7. The molecule has 0 spiro atoms. The van der Waals surface area contributed by atoms with Crippen molar-refractivity contribution in [3.63, 3.8) is 0 Å². The number of carbonyl (C=O) groups excluding carboxylic acids is 1. The Hall–Kier alpha value is -3.29. The van der Waals surface area contributed by atoms with Gasteiger partial charge in [-0.25, -0.2) is 4.98 Å². The zero-order chi connectivity index (χ0) is 21.9. The van der Waals surface area contributed by atoms with Gasteiger partial charge in [0.15, 0.2) is 11.5 Å². The van der Waals surface area contributed by atoms with Gasteiger partial charge >= 0.3 is 0 Å². The molecule has 0 atom stereocenters. The normalized spacial score (nSPS) is 18.0. The maximum atomic E-state index is 12.8. The maximum Gasteiger partial charge on any atom is 0.274 e. The van der Waals surface area contributed by atoms with Crippen molar-refractivity contribution in [2.24, 2.45) is 5.41 Å². The highest BCUT2D eigenvalue weighted by Gasteiger charge is 2.39. The molecule has 0 unspecified atom stereocenters. The number of rotatable bonds is 2. The van der Waals surface area contributed by atoms with Crippen LogP contribution in [0.25, 0.3) is 5.65 Å². The summed E-state index contributed by atoms with van der Waals surface area (Å²) in [6.45, 7) is 10.1. The minimum absolute atomic E-state index is 0.149. The summed E-state index contributed by atoms with van der Waals surface area (Å²) in [5.74, 6) is 0.936. The van der Waals surface area contributed by atoms with E-state index in [9.17, 15) is 9.59 Å². The van der Waals surface area contributed by atoms with Gasteiger partial charge in [0.1, 0.15) is 0 Å². The van der Waals surface area contributed by atoms with Crippen molar-refractivity contribution in [2.75, 3.05) is 22.9 Å². The predicted octanol–water partition coefficient (Wildman–Crippen LogP) is 2.43. The van der Waals surface area contributed by atoms with E-state index in [1.165, 1.54) is 16.8 Å². The zero-order valence-electron chi connectivity index (χ0n) is 18.3. The summed E-state index contributed by atoms with van der Waals surface area (Å²) in [6, 6.07) is 3.51. The van der Waals surface area contributed by atoms with Crippen molar-refractivity contribution in [3.05, 3.63) is 57.3 Å². The molecule has 31 heavy (non-hydrogen) atoms. The number of aromatic nitrogens is 4. The molecule has 2 aliphatic rings. The molecule has 8 nitrogen and oxygen atoms in total. The Morgan fingerprint density at radius 2 is 1.87 bits per heavy atom. The molecular formula is C23H26N6O2. The highest BCUT2D eigenvalue weighted by molar-refractivity contribution is 5.99. The van der Waals surface area contributed by atoms with Crippen LogP contribution >= 0.6 is 0 Å². The number of hydrogen-bond acceptors (Lipinski definition) is 6. The van der Waals surface area contributed by atoms with E-state index in [0.29, 0.717) is 12.2 Å². The van der Waals surface area contributed by atoms with E-state index in [2.05, 4.69) is 26.0 Å². The van der Waals surface area contributed by atoms with E-state index in [0.717, 1.165) is 59.8 Å². The number of aryl methyl sites for hydroxylation is 1. The van der Waals surface area contributed by atoms with Crippen molar-refractivity contribution in [1.82, 2.24) is 19.6 Å². The molecule has 1 saturated heterocycles. The third kappa shape index (κ3) is 3.08. The summed E-state index contributed by atoms with van der Waals surface area (Å²) >= 11 is 0. The molecule has 0 aliphatic carbocycles. The third-order valence-corrected chi connectivity index (χ3v) is 6.67. The highest BCUT2D eigenvalue weighted by atomic mass is 16.2. The summed E-state index contributed by atoms with van der Waals surface area (Å²) in [6.07, 6.45) is 4.98.